The van der Waals surface area contributed by atoms with Gasteiger partial charge in [0.1, 0.15) is 11.9 Å². The summed E-state index contributed by atoms with van der Waals surface area (Å²) in [6.45, 7) is 5.33. The Kier molecular flexibility index (Phi) is 7.88. The second-order valence-corrected chi connectivity index (χ2v) is 9.20. The number of methoxy groups -OCH3 is 1. The summed E-state index contributed by atoms with van der Waals surface area (Å²) >= 11 is 0. The average Bonchev–Trinajstić information content (AvgIpc) is 3.65. The number of hydrogen-bond donors (Lipinski definition) is 1. The molecular weight excluding hydrogens is 432 g/mol. The van der Waals surface area contributed by atoms with Crippen molar-refractivity contribution in [2.75, 3.05) is 20.3 Å². The molecule has 1 saturated heterocycles. The molecule has 1 unspecified atom stereocenters. The van der Waals surface area contributed by atoms with E-state index in [-0.39, 0.29) is 24.1 Å². The Hall–Kier alpha value is -2.87. The van der Waals surface area contributed by atoms with Gasteiger partial charge in [0.2, 0.25) is 0 Å². The highest BCUT2D eigenvalue weighted by Crippen LogP contribution is 2.37. The van der Waals surface area contributed by atoms with Crippen LogP contribution in [0.5, 0.6) is 0 Å². The number of aryl methyl sites for hydroxylation is 1. The van der Waals surface area contributed by atoms with Crippen molar-refractivity contribution in [2.24, 2.45) is 0 Å². The maximum absolute atomic E-state index is 13.5. The number of ether oxygens (including phenoxy) is 2. The molecule has 1 aliphatic heterocycles. The Morgan fingerprint density at radius 1 is 1.24 bits per heavy atom. The lowest BCUT2D eigenvalue weighted by Gasteiger charge is -2.33. The highest BCUT2D eigenvalue weighted by Gasteiger charge is 2.41. The highest BCUT2D eigenvalue weighted by atomic mass is 16.5. The number of amides is 2. The Balaban J connectivity index is 1.60. The number of aromatic nitrogens is 2. The summed E-state index contributed by atoms with van der Waals surface area (Å²) in [6.07, 6.45) is 5.58. The zero-order chi connectivity index (χ0) is 24.1. The van der Waals surface area contributed by atoms with E-state index in [9.17, 15) is 9.59 Å². The summed E-state index contributed by atoms with van der Waals surface area (Å²) in [4.78, 5) is 32.0. The van der Waals surface area contributed by atoms with Crippen molar-refractivity contribution in [1.82, 2.24) is 19.8 Å². The van der Waals surface area contributed by atoms with Crippen molar-refractivity contribution < 1.29 is 19.1 Å². The van der Waals surface area contributed by atoms with Gasteiger partial charge in [0, 0.05) is 37.0 Å². The fourth-order valence-corrected chi connectivity index (χ4v) is 4.84. The van der Waals surface area contributed by atoms with E-state index in [4.69, 9.17) is 9.72 Å². The summed E-state index contributed by atoms with van der Waals surface area (Å²) in [6, 6.07) is 10.3. The molecule has 2 heterocycles. The van der Waals surface area contributed by atoms with Crippen LogP contribution >= 0.6 is 0 Å². The van der Waals surface area contributed by atoms with Crippen LogP contribution < -0.4 is 5.32 Å². The summed E-state index contributed by atoms with van der Waals surface area (Å²) in [7, 11) is 1.36. The number of nitrogens with zero attached hydrogens (tertiary/aromatic N) is 3. The summed E-state index contributed by atoms with van der Waals surface area (Å²) in [5.74, 6) is 1.03. The molecule has 8 nitrogen and oxygen atoms in total. The van der Waals surface area contributed by atoms with E-state index in [1.807, 2.05) is 23.1 Å². The lowest BCUT2D eigenvalue weighted by atomic mass is 10.1. The van der Waals surface area contributed by atoms with Crippen molar-refractivity contribution in [3.63, 3.8) is 0 Å². The number of carbonyl (C=O) groups excluding carboxylic acids is 2. The Morgan fingerprint density at radius 3 is 2.65 bits per heavy atom. The summed E-state index contributed by atoms with van der Waals surface area (Å²) in [5.41, 5.74) is 3.01. The maximum atomic E-state index is 13.5. The molecule has 8 heteroatoms. The van der Waals surface area contributed by atoms with E-state index in [0.717, 1.165) is 61.4 Å². The molecule has 34 heavy (non-hydrogen) atoms. The topological polar surface area (TPSA) is 85.7 Å². The van der Waals surface area contributed by atoms with Gasteiger partial charge in [0.05, 0.1) is 18.8 Å². The van der Waals surface area contributed by atoms with Gasteiger partial charge < -0.3 is 24.3 Å². The largest absolute Gasteiger partial charge is 0.453 e. The quantitative estimate of drug-likeness (QED) is 0.560. The molecule has 0 radical (unpaired) electrons. The molecule has 2 amide bonds. The summed E-state index contributed by atoms with van der Waals surface area (Å²) < 4.78 is 12.7. The van der Waals surface area contributed by atoms with Gasteiger partial charge in [-0.1, -0.05) is 18.2 Å². The van der Waals surface area contributed by atoms with Gasteiger partial charge in [-0.15, -0.1) is 0 Å². The fourth-order valence-electron chi connectivity index (χ4n) is 4.84. The summed E-state index contributed by atoms with van der Waals surface area (Å²) in [5, 5.41) is 2.73. The maximum Gasteiger partial charge on any atom is 0.406 e. The van der Waals surface area contributed by atoms with E-state index in [1.165, 1.54) is 7.11 Å². The van der Waals surface area contributed by atoms with Crippen LogP contribution in [-0.2, 0) is 20.7 Å². The molecule has 1 N–H and O–H groups in total. The zero-order valence-electron chi connectivity index (χ0n) is 20.5. The first-order chi connectivity index (χ1) is 16.5. The van der Waals surface area contributed by atoms with Gasteiger partial charge in [-0.25, -0.2) is 9.78 Å². The van der Waals surface area contributed by atoms with Crippen LogP contribution in [0.1, 0.15) is 68.7 Å². The lowest BCUT2D eigenvalue weighted by Crippen LogP contribution is -2.44. The van der Waals surface area contributed by atoms with Crippen molar-refractivity contribution in [3.05, 3.63) is 47.5 Å². The predicted molar refractivity (Wildman–Crippen MR) is 129 cm³/mol. The SMILES string of the molecule is COC(=O)NCCCc1nc(C(C)N(C(=O)[C@H]2CCCCO2)C2CC2)c(C)n1-c1ccccc1. The number of hydrogen-bond acceptors (Lipinski definition) is 5. The number of carbonyl (C=O) groups is 2. The molecule has 184 valence electrons. The molecular formula is C26H36N4O4. The van der Waals surface area contributed by atoms with Gasteiger partial charge in [-0.05, 0) is 64.5 Å². The molecule has 2 aliphatic rings. The molecule has 1 aliphatic carbocycles. The standard InChI is InChI=1S/C26H36N4O4/c1-18-24(19(2)30(21-14-15-21)25(31)22-12-7-8-17-34-22)28-23(13-9-16-27-26(32)33-3)29(18)20-10-5-4-6-11-20/h4-6,10-11,19,21-22H,7-9,12-17H2,1-3H3,(H,27,32)/t19?,22-/m1/s1. The van der Waals surface area contributed by atoms with Crippen molar-refractivity contribution >= 4 is 12.0 Å². The number of imidazole rings is 1. The van der Waals surface area contributed by atoms with Crippen LogP contribution in [0, 0.1) is 6.92 Å². The van der Waals surface area contributed by atoms with Crippen LogP contribution in [0.2, 0.25) is 0 Å². The molecule has 4 rings (SSSR count). The van der Waals surface area contributed by atoms with Crippen LogP contribution in [-0.4, -0.2) is 58.9 Å². The first-order valence-corrected chi connectivity index (χ1v) is 12.4. The Bertz CT molecular complexity index is 980. The molecule has 2 aromatic rings. The molecule has 1 aromatic carbocycles. The third-order valence-electron chi connectivity index (χ3n) is 6.72. The Morgan fingerprint density at radius 2 is 2.00 bits per heavy atom. The molecule has 2 atom stereocenters. The van der Waals surface area contributed by atoms with Gasteiger partial charge >= 0.3 is 6.09 Å². The van der Waals surface area contributed by atoms with Gasteiger partial charge in [-0.3, -0.25) is 4.79 Å². The van der Waals surface area contributed by atoms with E-state index in [1.54, 1.807) is 0 Å². The third kappa shape index (κ3) is 5.43. The number of nitrogens with one attached hydrogen (secondary N) is 1. The fraction of sp³-hybridized carbons (Fsp3) is 0.577. The number of alkyl carbamates (subject to hydrolysis) is 1. The van der Waals surface area contributed by atoms with Crippen LogP contribution in [0.4, 0.5) is 4.79 Å². The monoisotopic (exact) mass is 468 g/mol. The van der Waals surface area contributed by atoms with E-state index >= 15 is 0 Å². The molecule has 1 aromatic heterocycles. The Labute approximate surface area is 201 Å². The van der Waals surface area contributed by atoms with Crippen molar-refractivity contribution in [2.45, 2.75) is 77.0 Å². The minimum absolute atomic E-state index is 0.104. The first-order valence-electron chi connectivity index (χ1n) is 12.4. The number of benzene rings is 1. The molecule has 1 saturated carbocycles. The first kappa shape index (κ1) is 24.3. The third-order valence-corrected chi connectivity index (χ3v) is 6.72. The van der Waals surface area contributed by atoms with E-state index < -0.39 is 6.09 Å². The minimum Gasteiger partial charge on any atom is -0.453 e. The van der Waals surface area contributed by atoms with E-state index in [2.05, 4.69) is 40.6 Å². The van der Waals surface area contributed by atoms with Crippen LogP contribution in [0.25, 0.3) is 5.69 Å². The average molecular weight is 469 g/mol. The molecule has 0 bridgehead atoms. The lowest BCUT2D eigenvalue weighted by molar-refractivity contribution is -0.149. The molecule has 0 spiro atoms. The van der Waals surface area contributed by atoms with Crippen molar-refractivity contribution in [3.8, 4) is 5.69 Å². The normalized spacial score (nSPS) is 18.9. The zero-order valence-corrected chi connectivity index (χ0v) is 20.5. The van der Waals surface area contributed by atoms with Gasteiger partial charge in [0.15, 0.2) is 0 Å². The smallest absolute Gasteiger partial charge is 0.406 e. The van der Waals surface area contributed by atoms with Gasteiger partial charge in [-0.2, -0.15) is 0 Å². The number of para-hydroxylation sites is 1. The second-order valence-electron chi connectivity index (χ2n) is 9.20. The van der Waals surface area contributed by atoms with Crippen LogP contribution in [0.3, 0.4) is 0 Å². The van der Waals surface area contributed by atoms with Gasteiger partial charge in [0.25, 0.3) is 5.91 Å². The minimum atomic E-state index is -0.430. The highest BCUT2D eigenvalue weighted by molar-refractivity contribution is 5.82. The van der Waals surface area contributed by atoms with E-state index in [0.29, 0.717) is 19.6 Å². The van der Waals surface area contributed by atoms with Crippen LogP contribution in [0.15, 0.2) is 30.3 Å². The predicted octanol–water partition coefficient (Wildman–Crippen LogP) is 4.09. The molecule has 2 fully saturated rings. The van der Waals surface area contributed by atoms with Crippen molar-refractivity contribution in [1.29, 1.82) is 0 Å². The second kappa shape index (κ2) is 11.0. The number of rotatable bonds is 9.